The normalized spacial score (nSPS) is 28.7. The van der Waals surface area contributed by atoms with Crippen molar-refractivity contribution in [2.24, 2.45) is 11.3 Å². The standard InChI is InChI=1S/C20H24F2N2O3/c21-15-5-13(6-16(22)8-15)7-18(25)24-10-14-9-23(17-3-1-2-4-17)11-20(14,12-24)19(26)27/h5-6,8,14,17H,1-4,7,9-12H2,(H,26,27)/t14-,20-/m1/s1. The molecule has 2 saturated heterocycles. The van der Waals surface area contributed by atoms with Crippen molar-refractivity contribution >= 4 is 11.9 Å². The van der Waals surface area contributed by atoms with Gasteiger partial charge in [0.05, 0.1) is 6.42 Å². The number of likely N-dealkylation sites (tertiary alicyclic amines) is 2. The van der Waals surface area contributed by atoms with E-state index >= 15 is 0 Å². The van der Waals surface area contributed by atoms with E-state index < -0.39 is 23.0 Å². The number of rotatable bonds is 4. The highest BCUT2D eigenvalue weighted by Crippen LogP contribution is 2.45. The van der Waals surface area contributed by atoms with Crippen LogP contribution in [0.3, 0.4) is 0 Å². The topological polar surface area (TPSA) is 60.9 Å². The van der Waals surface area contributed by atoms with Gasteiger partial charge in [-0.05, 0) is 30.5 Å². The van der Waals surface area contributed by atoms with Crippen molar-refractivity contribution in [3.8, 4) is 0 Å². The smallest absolute Gasteiger partial charge is 0.313 e. The first-order chi connectivity index (χ1) is 12.9. The Bertz CT molecular complexity index is 745. The molecule has 3 aliphatic rings. The SMILES string of the molecule is O=C(Cc1cc(F)cc(F)c1)N1C[C@H]2CN(C3CCCC3)C[C@@]2(C(=O)O)C1. The number of benzene rings is 1. The zero-order valence-corrected chi connectivity index (χ0v) is 15.2. The first kappa shape index (κ1) is 18.3. The molecular formula is C20H24F2N2O3. The van der Waals surface area contributed by atoms with Crippen molar-refractivity contribution in [3.63, 3.8) is 0 Å². The zero-order chi connectivity index (χ0) is 19.2. The molecule has 0 unspecified atom stereocenters. The second kappa shape index (κ2) is 6.86. The molecular weight excluding hydrogens is 354 g/mol. The number of carboxylic acids is 1. The van der Waals surface area contributed by atoms with Gasteiger partial charge < -0.3 is 10.0 Å². The molecule has 4 rings (SSSR count). The highest BCUT2D eigenvalue weighted by molar-refractivity contribution is 5.83. The monoisotopic (exact) mass is 378 g/mol. The number of carbonyl (C=O) groups excluding carboxylic acids is 1. The summed E-state index contributed by atoms with van der Waals surface area (Å²) in [5.41, 5.74) is -0.655. The van der Waals surface area contributed by atoms with Crippen molar-refractivity contribution in [2.45, 2.75) is 38.1 Å². The molecule has 1 amide bonds. The van der Waals surface area contributed by atoms with Crippen LogP contribution in [0.25, 0.3) is 0 Å². The predicted octanol–water partition coefficient (Wildman–Crippen LogP) is 2.29. The van der Waals surface area contributed by atoms with Gasteiger partial charge in [-0.25, -0.2) is 8.78 Å². The molecule has 3 fully saturated rings. The van der Waals surface area contributed by atoms with Crippen LogP contribution in [-0.2, 0) is 16.0 Å². The molecule has 0 bridgehead atoms. The fraction of sp³-hybridized carbons (Fsp3) is 0.600. The van der Waals surface area contributed by atoms with E-state index in [1.165, 1.54) is 12.8 Å². The lowest BCUT2D eigenvalue weighted by Crippen LogP contribution is -2.43. The van der Waals surface area contributed by atoms with Gasteiger partial charge in [0, 0.05) is 44.2 Å². The average molecular weight is 378 g/mol. The molecule has 5 nitrogen and oxygen atoms in total. The average Bonchev–Trinajstić information content (AvgIpc) is 3.28. The van der Waals surface area contributed by atoms with Crippen LogP contribution in [0.5, 0.6) is 0 Å². The number of carboxylic acid groups (broad SMARTS) is 1. The third-order valence-electron chi connectivity index (χ3n) is 6.53. The molecule has 146 valence electrons. The lowest BCUT2D eigenvalue weighted by molar-refractivity contribution is -0.149. The summed E-state index contributed by atoms with van der Waals surface area (Å²) >= 11 is 0. The van der Waals surface area contributed by atoms with Gasteiger partial charge in [-0.2, -0.15) is 0 Å². The van der Waals surface area contributed by atoms with Crippen molar-refractivity contribution in [2.75, 3.05) is 26.2 Å². The van der Waals surface area contributed by atoms with Gasteiger partial charge in [0.25, 0.3) is 0 Å². The van der Waals surface area contributed by atoms with E-state index in [1.54, 1.807) is 4.90 Å². The minimum atomic E-state index is -0.925. The Morgan fingerprint density at radius 2 is 1.74 bits per heavy atom. The van der Waals surface area contributed by atoms with Crippen LogP contribution in [0, 0.1) is 23.0 Å². The van der Waals surface area contributed by atoms with Crippen molar-refractivity contribution in [3.05, 3.63) is 35.4 Å². The quantitative estimate of drug-likeness (QED) is 0.873. The largest absolute Gasteiger partial charge is 0.481 e. The number of nitrogens with zero attached hydrogens (tertiary/aromatic N) is 2. The van der Waals surface area contributed by atoms with Crippen molar-refractivity contribution in [1.29, 1.82) is 0 Å². The van der Waals surface area contributed by atoms with E-state index in [4.69, 9.17) is 0 Å². The number of carbonyl (C=O) groups is 2. The van der Waals surface area contributed by atoms with E-state index in [9.17, 15) is 23.5 Å². The van der Waals surface area contributed by atoms with Crippen LogP contribution in [0.4, 0.5) is 8.78 Å². The molecule has 1 aromatic rings. The van der Waals surface area contributed by atoms with Crippen LogP contribution in [0.15, 0.2) is 18.2 Å². The van der Waals surface area contributed by atoms with Gasteiger partial charge in [0.1, 0.15) is 17.0 Å². The maximum Gasteiger partial charge on any atom is 0.313 e. The highest BCUT2D eigenvalue weighted by atomic mass is 19.1. The Balaban J connectivity index is 1.46. The summed E-state index contributed by atoms with van der Waals surface area (Å²) in [5.74, 6) is -2.65. The highest BCUT2D eigenvalue weighted by Gasteiger charge is 2.59. The summed E-state index contributed by atoms with van der Waals surface area (Å²) in [6.07, 6.45) is 4.51. The molecule has 7 heteroatoms. The maximum absolute atomic E-state index is 13.4. The van der Waals surface area contributed by atoms with Crippen LogP contribution in [-0.4, -0.2) is 59.0 Å². The minimum absolute atomic E-state index is 0.0937. The summed E-state index contributed by atoms with van der Waals surface area (Å²) in [4.78, 5) is 28.6. The Kier molecular flexibility index (Phi) is 4.66. The Morgan fingerprint density at radius 1 is 1.07 bits per heavy atom. The molecule has 2 aliphatic heterocycles. The lowest BCUT2D eigenvalue weighted by atomic mass is 9.81. The molecule has 0 aromatic heterocycles. The summed E-state index contributed by atoms with van der Waals surface area (Å²) in [6.45, 7) is 1.75. The van der Waals surface area contributed by atoms with Gasteiger partial charge in [-0.1, -0.05) is 12.8 Å². The first-order valence-corrected chi connectivity index (χ1v) is 9.57. The van der Waals surface area contributed by atoms with E-state index in [0.717, 1.165) is 31.0 Å². The number of fused-ring (bicyclic) bond motifs is 1. The van der Waals surface area contributed by atoms with Crippen molar-refractivity contribution in [1.82, 2.24) is 9.80 Å². The number of halogens is 2. The van der Waals surface area contributed by atoms with Gasteiger partial charge in [0.15, 0.2) is 0 Å². The van der Waals surface area contributed by atoms with E-state index in [-0.39, 0.29) is 30.4 Å². The summed E-state index contributed by atoms with van der Waals surface area (Å²) in [5, 5.41) is 9.93. The van der Waals surface area contributed by atoms with E-state index in [2.05, 4.69) is 4.90 Å². The third-order valence-corrected chi connectivity index (χ3v) is 6.53. The summed E-state index contributed by atoms with van der Waals surface area (Å²) < 4.78 is 26.7. The third kappa shape index (κ3) is 3.33. The molecule has 0 spiro atoms. The van der Waals surface area contributed by atoms with Crippen molar-refractivity contribution < 1.29 is 23.5 Å². The van der Waals surface area contributed by atoms with Crippen LogP contribution in [0.2, 0.25) is 0 Å². The van der Waals surface area contributed by atoms with E-state index in [0.29, 0.717) is 25.7 Å². The van der Waals surface area contributed by atoms with Gasteiger partial charge in [-0.15, -0.1) is 0 Å². The Hall–Kier alpha value is -2.02. The second-order valence-electron chi connectivity index (χ2n) is 8.25. The number of hydrogen-bond donors (Lipinski definition) is 1. The van der Waals surface area contributed by atoms with Crippen LogP contribution in [0.1, 0.15) is 31.2 Å². The van der Waals surface area contributed by atoms with Gasteiger partial charge in [-0.3, -0.25) is 14.5 Å². The number of amides is 1. The zero-order valence-electron chi connectivity index (χ0n) is 15.2. The van der Waals surface area contributed by atoms with E-state index in [1.807, 2.05) is 0 Å². The molecule has 2 atom stereocenters. The fourth-order valence-corrected chi connectivity index (χ4v) is 5.14. The Labute approximate surface area is 156 Å². The molecule has 1 saturated carbocycles. The maximum atomic E-state index is 13.4. The number of aliphatic carboxylic acids is 1. The minimum Gasteiger partial charge on any atom is -0.481 e. The molecule has 1 N–H and O–H groups in total. The van der Waals surface area contributed by atoms with Gasteiger partial charge >= 0.3 is 5.97 Å². The van der Waals surface area contributed by atoms with Crippen LogP contribution >= 0.6 is 0 Å². The van der Waals surface area contributed by atoms with Crippen LogP contribution < -0.4 is 0 Å². The second-order valence-corrected chi connectivity index (χ2v) is 8.25. The molecule has 27 heavy (non-hydrogen) atoms. The fourth-order valence-electron chi connectivity index (χ4n) is 5.14. The molecule has 0 radical (unpaired) electrons. The summed E-state index contributed by atoms with van der Waals surface area (Å²) in [6, 6.07) is 3.52. The molecule has 1 aromatic carbocycles. The first-order valence-electron chi connectivity index (χ1n) is 9.57. The Morgan fingerprint density at radius 3 is 2.33 bits per heavy atom. The van der Waals surface area contributed by atoms with Gasteiger partial charge in [0.2, 0.25) is 5.91 Å². The molecule has 1 aliphatic carbocycles. The molecule has 2 heterocycles. The summed E-state index contributed by atoms with van der Waals surface area (Å²) in [7, 11) is 0. The number of hydrogen-bond acceptors (Lipinski definition) is 3. The lowest BCUT2D eigenvalue weighted by Gasteiger charge is -2.28. The predicted molar refractivity (Wildman–Crippen MR) is 94.0 cm³/mol.